The molecule has 0 saturated carbocycles. The maximum absolute atomic E-state index is 9.54. The van der Waals surface area contributed by atoms with E-state index in [9.17, 15) is 5.26 Å². The van der Waals surface area contributed by atoms with E-state index in [1.807, 2.05) is 53.9 Å². The molecule has 5 nitrogen and oxygen atoms in total. The number of thiazole rings is 1. The average Bonchev–Trinajstić information content (AvgIpc) is 3.35. The number of ether oxygens (including phenoxy) is 3. The molecule has 0 spiro atoms. The summed E-state index contributed by atoms with van der Waals surface area (Å²) in [6.45, 7) is 0.240. The van der Waals surface area contributed by atoms with Crippen molar-refractivity contribution in [3.05, 3.63) is 58.4 Å². The summed E-state index contributed by atoms with van der Waals surface area (Å²) >= 11 is 1.44. The highest BCUT2D eigenvalue weighted by Gasteiger charge is 2.16. The number of allylic oxidation sites excluding steroid dienone is 1. The van der Waals surface area contributed by atoms with Gasteiger partial charge in [-0.3, -0.25) is 0 Å². The summed E-state index contributed by atoms with van der Waals surface area (Å²) in [5.41, 5.74) is 3.17. The van der Waals surface area contributed by atoms with E-state index in [2.05, 4.69) is 11.1 Å². The number of benzene rings is 2. The first-order chi connectivity index (χ1) is 12.8. The molecule has 6 heteroatoms. The number of fused-ring (bicyclic) bond motifs is 1. The van der Waals surface area contributed by atoms with Crippen LogP contribution in [-0.2, 0) is 0 Å². The topological polar surface area (TPSA) is 64.4 Å². The molecule has 1 aliphatic rings. The van der Waals surface area contributed by atoms with E-state index in [0.29, 0.717) is 16.3 Å². The maximum Gasteiger partial charge on any atom is 0.231 e. The van der Waals surface area contributed by atoms with Crippen molar-refractivity contribution < 1.29 is 14.2 Å². The van der Waals surface area contributed by atoms with E-state index < -0.39 is 0 Å². The van der Waals surface area contributed by atoms with Gasteiger partial charge in [-0.05, 0) is 42.0 Å². The molecule has 1 aliphatic heterocycles. The Labute approximate surface area is 154 Å². The molecule has 0 amide bonds. The molecule has 0 fully saturated rings. The molecule has 1 aromatic heterocycles. The van der Waals surface area contributed by atoms with E-state index in [4.69, 9.17) is 14.2 Å². The maximum atomic E-state index is 9.54. The summed E-state index contributed by atoms with van der Waals surface area (Å²) in [5, 5.41) is 12.1. The van der Waals surface area contributed by atoms with Gasteiger partial charge in [-0.15, -0.1) is 11.3 Å². The molecule has 0 atom stereocenters. The van der Waals surface area contributed by atoms with Crippen molar-refractivity contribution in [1.82, 2.24) is 4.98 Å². The fourth-order valence-corrected chi connectivity index (χ4v) is 3.39. The molecular weight excluding hydrogens is 348 g/mol. The summed E-state index contributed by atoms with van der Waals surface area (Å²) in [7, 11) is 1.62. The molecular formula is C20H14N2O3S. The largest absolute Gasteiger partial charge is 0.497 e. The van der Waals surface area contributed by atoms with Gasteiger partial charge in [0.25, 0.3) is 0 Å². The molecule has 2 aromatic carbocycles. The Kier molecular flexibility index (Phi) is 4.30. The molecule has 26 heavy (non-hydrogen) atoms. The SMILES string of the molecule is COc1ccc(C=C(C#N)c2nc(-c3ccc4c(c3)OCO4)cs2)cc1. The Morgan fingerprint density at radius 3 is 2.77 bits per heavy atom. The number of rotatable bonds is 4. The fourth-order valence-electron chi connectivity index (χ4n) is 2.59. The third-order valence-corrected chi connectivity index (χ3v) is 4.83. The summed E-state index contributed by atoms with van der Waals surface area (Å²) in [5.74, 6) is 2.23. The standard InChI is InChI=1S/C20H14N2O3S/c1-23-16-5-2-13(3-6-16)8-15(10-21)20-22-17(11-26-20)14-4-7-18-19(9-14)25-12-24-18/h2-9,11H,12H2,1H3. The van der Waals surface area contributed by atoms with Crippen LogP contribution in [0.5, 0.6) is 17.2 Å². The van der Waals surface area contributed by atoms with Gasteiger partial charge in [-0.2, -0.15) is 5.26 Å². The van der Waals surface area contributed by atoms with E-state index >= 15 is 0 Å². The molecule has 0 saturated heterocycles. The van der Waals surface area contributed by atoms with Crippen LogP contribution in [0.15, 0.2) is 47.8 Å². The monoisotopic (exact) mass is 362 g/mol. The van der Waals surface area contributed by atoms with E-state index in [1.165, 1.54) is 11.3 Å². The van der Waals surface area contributed by atoms with E-state index in [1.54, 1.807) is 7.11 Å². The van der Waals surface area contributed by atoms with Gasteiger partial charge < -0.3 is 14.2 Å². The lowest BCUT2D eigenvalue weighted by molar-refractivity contribution is 0.174. The molecule has 2 heterocycles. The van der Waals surface area contributed by atoms with Crippen molar-refractivity contribution >= 4 is 23.0 Å². The molecule has 0 bridgehead atoms. The molecule has 128 valence electrons. The van der Waals surface area contributed by atoms with Gasteiger partial charge >= 0.3 is 0 Å². The second-order valence-corrected chi connectivity index (χ2v) is 6.41. The lowest BCUT2D eigenvalue weighted by Crippen LogP contribution is -1.92. The van der Waals surface area contributed by atoms with Gasteiger partial charge in [0.1, 0.15) is 16.8 Å². The highest BCUT2D eigenvalue weighted by atomic mass is 32.1. The quantitative estimate of drug-likeness (QED) is 0.634. The third-order valence-electron chi connectivity index (χ3n) is 3.95. The van der Waals surface area contributed by atoms with Crippen molar-refractivity contribution in [2.24, 2.45) is 0 Å². The van der Waals surface area contributed by atoms with Crippen LogP contribution in [0.3, 0.4) is 0 Å². The zero-order valence-electron chi connectivity index (χ0n) is 13.9. The van der Waals surface area contributed by atoms with Crippen molar-refractivity contribution in [3.8, 4) is 34.6 Å². The van der Waals surface area contributed by atoms with Crippen LogP contribution in [0.2, 0.25) is 0 Å². The predicted molar refractivity (Wildman–Crippen MR) is 100 cm³/mol. The molecule has 0 aliphatic carbocycles. The lowest BCUT2D eigenvalue weighted by Gasteiger charge is -2.00. The summed E-state index contributed by atoms with van der Waals surface area (Å²) in [6.07, 6.45) is 1.82. The Hall–Kier alpha value is -3.30. The number of hydrogen-bond donors (Lipinski definition) is 0. The van der Waals surface area contributed by atoms with Gasteiger partial charge in [-0.25, -0.2) is 4.98 Å². The van der Waals surface area contributed by atoms with Crippen LogP contribution in [0, 0.1) is 11.3 Å². The Bertz CT molecular complexity index is 1020. The molecule has 0 radical (unpaired) electrons. The lowest BCUT2D eigenvalue weighted by atomic mass is 10.1. The average molecular weight is 362 g/mol. The van der Waals surface area contributed by atoms with Crippen molar-refractivity contribution in [2.75, 3.05) is 13.9 Å². The Morgan fingerprint density at radius 1 is 1.19 bits per heavy atom. The van der Waals surface area contributed by atoms with Crippen molar-refractivity contribution in [2.45, 2.75) is 0 Å². The number of hydrogen-bond acceptors (Lipinski definition) is 6. The van der Waals surface area contributed by atoms with Gasteiger partial charge in [-0.1, -0.05) is 12.1 Å². The minimum absolute atomic E-state index is 0.240. The molecule has 3 aromatic rings. The minimum Gasteiger partial charge on any atom is -0.497 e. The number of nitriles is 1. The Morgan fingerprint density at radius 2 is 2.00 bits per heavy atom. The van der Waals surface area contributed by atoms with Crippen molar-refractivity contribution in [3.63, 3.8) is 0 Å². The van der Waals surface area contributed by atoms with Crippen LogP contribution in [0.25, 0.3) is 22.9 Å². The first kappa shape index (κ1) is 16.2. The highest BCUT2D eigenvalue weighted by molar-refractivity contribution is 7.11. The zero-order valence-corrected chi connectivity index (χ0v) is 14.7. The number of aromatic nitrogens is 1. The van der Waals surface area contributed by atoms with Crippen LogP contribution in [-0.4, -0.2) is 18.9 Å². The number of nitrogens with zero attached hydrogens (tertiary/aromatic N) is 2. The highest BCUT2D eigenvalue weighted by Crippen LogP contribution is 2.36. The number of methoxy groups -OCH3 is 1. The second kappa shape index (κ2) is 6.90. The summed E-state index contributed by atoms with van der Waals surface area (Å²) < 4.78 is 15.9. The molecule has 4 rings (SSSR count). The smallest absolute Gasteiger partial charge is 0.231 e. The van der Waals surface area contributed by atoms with Gasteiger partial charge in [0.2, 0.25) is 6.79 Å². The normalized spacial score (nSPS) is 12.7. The van der Waals surface area contributed by atoms with Crippen LogP contribution >= 0.6 is 11.3 Å². The van der Waals surface area contributed by atoms with Crippen LogP contribution in [0.4, 0.5) is 0 Å². The first-order valence-corrected chi connectivity index (χ1v) is 8.76. The predicted octanol–water partition coefficient (Wildman–Crippen LogP) is 4.61. The van der Waals surface area contributed by atoms with Gasteiger partial charge in [0.05, 0.1) is 18.4 Å². The minimum atomic E-state index is 0.240. The summed E-state index contributed by atoms with van der Waals surface area (Å²) in [4.78, 5) is 4.61. The summed E-state index contributed by atoms with van der Waals surface area (Å²) in [6, 6.07) is 15.5. The molecule has 0 N–H and O–H groups in total. The van der Waals surface area contributed by atoms with Gasteiger partial charge in [0, 0.05) is 10.9 Å². The van der Waals surface area contributed by atoms with E-state index in [0.717, 1.165) is 28.3 Å². The first-order valence-electron chi connectivity index (χ1n) is 7.88. The van der Waals surface area contributed by atoms with Gasteiger partial charge in [0.15, 0.2) is 11.5 Å². The van der Waals surface area contributed by atoms with Crippen LogP contribution in [0.1, 0.15) is 10.6 Å². The Balaban J connectivity index is 1.63. The van der Waals surface area contributed by atoms with Crippen LogP contribution < -0.4 is 14.2 Å². The molecule has 0 unspecified atom stereocenters. The van der Waals surface area contributed by atoms with Crippen molar-refractivity contribution in [1.29, 1.82) is 5.26 Å². The zero-order chi connectivity index (χ0) is 17.9. The fraction of sp³-hybridized carbons (Fsp3) is 0.100. The van der Waals surface area contributed by atoms with E-state index in [-0.39, 0.29) is 6.79 Å². The second-order valence-electron chi connectivity index (χ2n) is 5.55. The third kappa shape index (κ3) is 3.13.